The molecule has 0 amide bonds. The zero-order valence-electron chi connectivity index (χ0n) is 12.8. The Hall–Kier alpha value is -0.870. The molecule has 2 rings (SSSR count). The van der Waals surface area contributed by atoms with Crippen LogP contribution in [0, 0.1) is 11.8 Å². The minimum atomic E-state index is -0.297. The molecule has 4 nitrogen and oxygen atoms in total. The van der Waals surface area contributed by atoms with Crippen molar-refractivity contribution >= 4 is 5.97 Å². The van der Waals surface area contributed by atoms with Gasteiger partial charge in [-0.25, -0.2) is 4.79 Å². The van der Waals surface area contributed by atoms with E-state index in [9.17, 15) is 4.79 Å². The van der Waals surface area contributed by atoms with E-state index in [-0.39, 0.29) is 5.97 Å². The number of piperidine rings is 2. The molecule has 0 aromatic rings. The second kappa shape index (κ2) is 7.79. The summed E-state index contributed by atoms with van der Waals surface area (Å²) in [6.45, 7) is 12.5. The highest BCUT2D eigenvalue weighted by molar-refractivity contribution is 5.81. The van der Waals surface area contributed by atoms with Crippen molar-refractivity contribution < 1.29 is 19.3 Å². The smallest absolute Gasteiger partial charge is 0.334 e. The van der Waals surface area contributed by atoms with E-state index >= 15 is 0 Å². The van der Waals surface area contributed by atoms with Crippen molar-refractivity contribution in [3.8, 4) is 0 Å². The molecule has 2 aliphatic rings. The van der Waals surface area contributed by atoms with Gasteiger partial charge in [0.15, 0.2) is 0 Å². The molecule has 20 heavy (non-hydrogen) atoms. The second-order valence-electron chi connectivity index (χ2n) is 6.34. The summed E-state index contributed by atoms with van der Waals surface area (Å²) in [6.07, 6.45) is 6.67. The number of carbonyl (C=O) groups is 1. The minimum absolute atomic E-state index is 0.297. The number of esters is 1. The molecule has 0 aromatic carbocycles. The first-order valence-electron chi connectivity index (χ1n) is 8.19. The molecule has 0 bridgehead atoms. The number of quaternary nitrogens is 2. The molecule has 0 radical (unpaired) electrons. The number of nitrogens with one attached hydrogen (secondary N) is 2. The van der Waals surface area contributed by atoms with Gasteiger partial charge in [0, 0.05) is 6.08 Å². The first-order chi connectivity index (χ1) is 9.72. The highest BCUT2D eigenvalue weighted by atomic mass is 16.5. The topological polar surface area (TPSA) is 35.2 Å². The van der Waals surface area contributed by atoms with Crippen LogP contribution in [-0.4, -0.2) is 45.4 Å². The van der Waals surface area contributed by atoms with Gasteiger partial charge in [0.05, 0.1) is 32.7 Å². The highest BCUT2D eigenvalue weighted by Gasteiger charge is 2.32. The van der Waals surface area contributed by atoms with Gasteiger partial charge in [-0.3, -0.25) is 0 Å². The van der Waals surface area contributed by atoms with E-state index in [1.54, 1.807) is 4.90 Å². The molecule has 0 atom stereocenters. The summed E-state index contributed by atoms with van der Waals surface area (Å²) in [5.41, 5.74) is 0. The van der Waals surface area contributed by atoms with Crippen LogP contribution in [-0.2, 0) is 9.53 Å². The van der Waals surface area contributed by atoms with Gasteiger partial charge in [-0.05, 0) is 44.4 Å². The molecule has 2 fully saturated rings. The Labute approximate surface area is 122 Å². The zero-order chi connectivity index (χ0) is 14.4. The standard InChI is InChI=1S/C16H28N2O2/c1-3-16(19)20-13-18-11-7-15(8-12-18)14-5-9-17(4-2)10-6-14/h3,14-15H,1,4-13H2,2H3/p+2. The van der Waals surface area contributed by atoms with Crippen LogP contribution in [0.4, 0.5) is 0 Å². The lowest BCUT2D eigenvalue weighted by Crippen LogP contribution is -3.13. The minimum Gasteiger partial charge on any atom is -0.412 e. The molecule has 114 valence electrons. The van der Waals surface area contributed by atoms with Crippen LogP contribution in [0.5, 0.6) is 0 Å². The molecular weight excluding hydrogens is 252 g/mol. The van der Waals surface area contributed by atoms with E-state index in [1.807, 2.05) is 0 Å². The quantitative estimate of drug-likeness (QED) is 0.516. The first-order valence-corrected chi connectivity index (χ1v) is 8.19. The maximum Gasteiger partial charge on any atom is 0.334 e. The van der Waals surface area contributed by atoms with E-state index in [0.717, 1.165) is 24.9 Å². The van der Waals surface area contributed by atoms with Crippen LogP contribution in [0.2, 0.25) is 0 Å². The Kier molecular flexibility index (Phi) is 6.05. The third-order valence-electron chi connectivity index (χ3n) is 5.23. The van der Waals surface area contributed by atoms with Crippen LogP contribution in [0.1, 0.15) is 32.6 Å². The largest absolute Gasteiger partial charge is 0.412 e. The number of hydrogen-bond acceptors (Lipinski definition) is 2. The summed E-state index contributed by atoms with van der Waals surface area (Å²) in [5.74, 6) is 1.56. The third-order valence-corrected chi connectivity index (χ3v) is 5.23. The van der Waals surface area contributed by atoms with Crippen LogP contribution in [0.25, 0.3) is 0 Å². The average Bonchev–Trinajstić information content (AvgIpc) is 2.53. The molecule has 0 spiro atoms. The number of hydrogen-bond donors (Lipinski definition) is 2. The highest BCUT2D eigenvalue weighted by Crippen LogP contribution is 2.26. The van der Waals surface area contributed by atoms with Crippen LogP contribution in [0.3, 0.4) is 0 Å². The summed E-state index contributed by atoms with van der Waals surface area (Å²) in [7, 11) is 0. The molecular formula is C16H30N2O2+2. The summed E-state index contributed by atoms with van der Waals surface area (Å²) < 4.78 is 5.14. The average molecular weight is 282 g/mol. The Morgan fingerprint density at radius 1 is 1.10 bits per heavy atom. The van der Waals surface area contributed by atoms with Gasteiger partial charge in [-0.15, -0.1) is 0 Å². The van der Waals surface area contributed by atoms with Gasteiger partial charge >= 0.3 is 5.97 Å². The fourth-order valence-corrected chi connectivity index (χ4v) is 3.77. The van der Waals surface area contributed by atoms with E-state index in [2.05, 4.69) is 13.5 Å². The van der Waals surface area contributed by atoms with Crippen molar-refractivity contribution in [1.82, 2.24) is 0 Å². The van der Waals surface area contributed by atoms with Gasteiger partial charge in [0.2, 0.25) is 6.73 Å². The van der Waals surface area contributed by atoms with Crippen molar-refractivity contribution in [2.24, 2.45) is 11.8 Å². The Bertz CT molecular complexity index is 316. The van der Waals surface area contributed by atoms with Gasteiger partial charge in [-0.1, -0.05) is 6.58 Å². The maximum atomic E-state index is 11.1. The van der Waals surface area contributed by atoms with E-state index in [4.69, 9.17) is 4.74 Å². The van der Waals surface area contributed by atoms with Crippen LogP contribution >= 0.6 is 0 Å². The summed E-state index contributed by atoms with van der Waals surface area (Å²) >= 11 is 0. The van der Waals surface area contributed by atoms with Crippen molar-refractivity contribution in [1.29, 1.82) is 0 Å². The number of carbonyl (C=O) groups excluding carboxylic acids is 1. The predicted molar refractivity (Wildman–Crippen MR) is 78.5 cm³/mol. The lowest BCUT2D eigenvalue weighted by Gasteiger charge is -2.37. The zero-order valence-corrected chi connectivity index (χ0v) is 12.8. The van der Waals surface area contributed by atoms with Crippen LogP contribution < -0.4 is 9.80 Å². The Morgan fingerprint density at radius 2 is 1.60 bits per heavy atom. The van der Waals surface area contributed by atoms with Crippen molar-refractivity contribution in [2.75, 3.05) is 39.5 Å². The first kappa shape index (κ1) is 15.5. The molecule has 2 heterocycles. The normalized spacial score (nSPS) is 34.5. The fourth-order valence-electron chi connectivity index (χ4n) is 3.77. The van der Waals surface area contributed by atoms with Gasteiger partial charge in [0.25, 0.3) is 0 Å². The van der Waals surface area contributed by atoms with E-state index in [0.29, 0.717) is 6.73 Å². The van der Waals surface area contributed by atoms with Gasteiger partial charge < -0.3 is 14.5 Å². The fraction of sp³-hybridized carbons (Fsp3) is 0.812. The number of rotatable bonds is 5. The van der Waals surface area contributed by atoms with Gasteiger partial charge in [-0.2, -0.15) is 0 Å². The molecule has 0 aliphatic carbocycles. The predicted octanol–water partition coefficient (Wildman–Crippen LogP) is -0.717. The lowest BCUT2D eigenvalue weighted by molar-refractivity contribution is -0.923. The number of ether oxygens (including phenoxy) is 1. The molecule has 4 heteroatoms. The van der Waals surface area contributed by atoms with Crippen LogP contribution in [0.15, 0.2) is 12.7 Å². The van der Waals surface area contributed by atoms with Crippen molar-refractivity contribution in [3.63, 3.8) is 0 Å². The van der Waals surface area contributed by atoms with Crippen molar-refractivity contribution in [2.45, 2.75) is 32.6 Å². The summed E-state index contributed by atoms with van der Waals surface area (Å²) in [5, 5.41) is 0. The molecule has 0 unspecified atom stereocenters. The summed E-state index contributed by atoms with van der Waals surface area (Å²) in [4.78, 5) is 14.3. The number of likely N-dealkylation sites (tertiary alicyclic amines) is 2. The van der Waals surface area contributed by atoms with Gasteiger partial charge in [0.1, 0.15) is 0 Å². The van der Waals surface area contributed by atoms with E-state index < -0.39 is 0 Å². The Balaban J connectivity index is 1.66. The Morgan fingerprint density at radius 3 is 2.05 bits per heavy atom. The maximum absolute atomic E-state index is 11.1. The molecule has 2 saturated heterocycles. The monoisotopic (exact) mass is 282 g/mol. The summed E-state index contributed by atoms with van der Waals surface area (Å²) in [6, 6.07) is 0. The molecule has 0 saturated carbocycles. The lowest BCUT2D eigenvalue weighted by atomic mass is 9.79. The van der Waals surface area contributed by atoms with Crippen molar-refractivity contribution in [3.05, 3.63) is 12.7 Å². The SMILES string of the molecule is C=CC(=O)OC[NH+]1CCC(C2CC[NH+](CC)CC2)CC1. The third kappa shape index (κ3) is 4.32. The molecule has 2 aliphatic heterocycles. The molecule has 2 N–H and O–H groups in total. The second-order valence-corrected chi connectivity index (χ2v) is 6.34. The van der Waals surface area contributed by atoms with E-state index in [1.165, 1.54) is 56.3 Å². The molecule has 0 aromatic heterocycles.